The number of amides is 3. The Kier molecular flexibility index (Phi) is 17.3. The van der Waals surface area contributed by atoms with Crippen molar-refractivity contribution < 1.29 is 33.5 Å². The molecule has 1 rings (SSSR count). The molecule has 0 aromatic rings. The zero-order valence-corrected chi connectivity index (χ0v) is 22.4. The molecule has 1 fully saturated rings. The SMILES string of the molecule is CCCCCCCCCCCCCCCC(=O)N(CCC(=O)OC)CCC(=O)ON1C(=O)CCC1=O. The lowest BCUT2D eigenvalue weighted by Gasteiger charge is -2.22. The largest absolute Gasteiger partial charge is 0.469 e. The second-order valence-electron chi connectivity index (χ2n) is 9.49. The summed E-state index contributed by atoms with van der Waals surface area (Å²) in [4.78, 5) is 65.8. The number of hydrogen-bond donors (Lipinski definition) is 0. The van der Waals surface area contributed by atoms with Crippen molar-refractivity contribution in [1.29, 1.82) is 0 Å². The number of carbonyl (C=O) groups is 5. The summed E-state index contributed by atoms with van der Waals surface area (Å²) in [6.45, 7) is 2.42. The van der Waals surface area contributed by atoms with E-state index < -0.39 is 23.8 Å². The highest BCUT2D eigenvalue weighted by Crippen LogP contribution is 2.15. The molecule has 0 unspecified atom stereocenters. The van der Waals surface area contributed by atoms with Crippen LogP contribution in [-0.2, 0) is 33.5 Å². The van der Waals surface area contributed by atoms with E-state index in [1.54, 1.807) is 0 Å². The maximum absolute atomic E-state index is 12.7. The van der Waals surface area contributed by atoms with Gasteiger partial charge in [-0.25, -0.2) is 4.79 Å². The first-order valence-corrected chi connectivity index (χ1v) is 13.8. The van der Waals surface area contributed by atoms with Crippen molar-refractivity contribution in [3.8, 4) is 0 Å². The second-order valence-corrected chi connectivity index (χ2v) is 9.49. The van der Waals surface area contributed by atoms with Gasteiger partial charge >= 0.3 is 11.9 Å². The molecule has 9 heteroatoms. The summed E-state index contributed by atoms with van der Waals surface area (Å²) in [5.41, 5.74) is 0. The number of hydrogen-bond acceptors (Lipinski definition) is 7. The Morgan fingerprint density at radius 2 is 1.14 bits per heavy atom. The van der Waals surface area contributed by atoms with Crippen LogP contribution in [0.1, 0.15) is 122 Å². The van der Waals surface area contributed by atoms with E-state index in [9.17, 15) is 24.0 Å². The topological polar surface area (TPSA) is 110 Å². The summed E-state index contributed by atoms with van der Waals surface area (Å²) in [5.74, 6) is -2.44. The minimum Gasteiger partial charge on any atom is -0.469 e. The first kappa shape index (κ1) is 31.6. The van der Waals surface area contributed by atoms with Crippen molar-refractivity contribution in [3.05, 3.63) is 0 Å². The van der Waals surface area contributed by atoms with Gasteiger partial charge in [-0.15, -0.1) is 5.06 Å². The molecular formula is C27H46N2O7. The van der Waals surface area contributed by atoms with Crippen molar-refractivity contribution in [1.82, 2.24) is 9.96 Å². The molecule has 0 aliphatic carbocycles. The maximum Gasteiger partial charge on any atom is 0.334 e. The third-order valence-corrected chi connectivity index (χ3v) is 6.45. The number of hydroxylamine groups is 2. The Bertz CT molecular complexity index is 680. The van der Waals surface area contributed by atoms with Crippen LogP contribution in [0.4, 0.5) is 0 Å². The Balaban J connectivity index is 2.24. The van der Waals surface area contributed by atoms with E-state index in [0.29, 0.717) is 11.5 Å². The lowest BCUT2D eigenvalue weighted by molar-refractivity contribution is -0.197. The fourth-order valence-corrected chi connectivity index (χ4v) is 4.17. The standard InChI is InChI=1S/C27H46N2O7/c1-3-4-5-6-7-8-9-10-11-12-13-14-15-16-23(30)28(21-19-26(33)35-2)22-20-27(34)36-29-24(31)17-18-25(29)32/h3-22H2,1-2H3. The molecule has 0 radical (unpaired) electrons. The van der Waals surface area contributed by atoms with E-state index in [0.717, 1.165) is 19.3 Å². The number of ether oxygens (including phenoxy) is 1. The van der Waals surface area contributed by atoms with Gasteiger partial charge in [0.05, 0.1) is 20.0 Å². The minimum absolute atomic E-state index is 0.0228. The molecule has 1 aliphatic heterocycles. The van der Waals surface area contributed by atoms with E-state index >= 15 is 0 Å². The lowest BCUT2D eigenvalue weighted by atomic mass is 10.0. The predicted octanol–water partition coefficient (Wildman–Crippen LogP) is 4.86. The fourth-order valence-electron chi connectivity index (χ4n) is 4.17. The van der Waals surface area contributed by atoms with Crippen molar-refractivity contribution in [2.75, 3.05) is 20.2 Å². The number of carbonyl (C=O) groups excluding carboxylic acids is 5. The van der Waals surface area contributed by atoms with Crippen molar-refractivity contribution in [2.45, 2.75) is 122 Å². The van der Waals surface area contributed by atoms with Gasteiger partial charge in [0, 0.05) is 32.4 Å². The average molecular weight is 511 g/mol. The minimum atomic E-state index is -0.768. The van der Waals surface area contributed by atoms with Gasteiger partial charge in [0.1, 0.15) is 0 Å². The van der Waals surface area contributed by atoms with E-state index in [1.165, 1.54) is 76.2 Å². The first-order chi connectivity index (χ1) is 17.4. The Morgan fingerprint density at radius 1 is 0.694 bits per heavy atom. The number of unbranched alkanes of at least 4 members (excludes halogenated alkanes) is 12. The molecule has 0 spiro atoms. The van der Waals surface area contributed by atoms with Crippen LogP contribution in [0.2, 0.25) is 0 Å². The predicted molar refractivity (Wildman–Crippen MR) is 135 cm³/mol. The molecule has 0 N–H and O–H groups in total. The normalized spacial score (nSPS) is 13.2. The van der Waals surface area contributed by atoms with Gasteiger partial charge < -0.3 is 14.5 Å². The van der Waals surface area contributed by atoms with Crippen LogP contribution in [0.3, 0.4) is 0 Å². The van der Waals surface area contributed by atoms with Crippen molar-refractivity contribution in [3.63, 3.8) is 0 Å². The zero-order chi connectivity index (χ0) is 26.6. The van der Waals surface area contributed by atoms with Gasteiger partial charge in [-0.2, -0.15) is 0 Å². The van der Waals surface area contributed by atoms with Gasteiger partial charge in [-0.3, -0.25) is 19.2 Å². The second kappa shape index (κ2) is 19.7. The molecule has 0 atom stereocenters. The first-order valence-electron chi connectivity index (χ1n) is 13.8. The third-order valence-electron chi connectivity index (χ3n) is 6.45. The quantitative estimate of drug-likeness (QED) is 0.123. The fraction of sp³-hybridized carbons (Fsp3) is 0.815. The van der Waals surface area contributed by atoms with Crippen LogP contribution in [0.15, 0.2) is 0 Å². The van der Waals surface area contributed by atoms with Crippen LogP contribution in [0.5, 0.6) is 0 Å². The highest BCUT2D eigenvalue weighted by Gasteiger charge is 2.32. The highest BCUT2D eigenvalue weighted by atomic mass is 16.7. The number of methoxy groups -OCH3 is 1. The van der Waals surface area contributed by atoms with Crippen LogP contribution < -0.4 is 0 Å². The van der Waals surface area contributed by atoms with Crippen LogP contribution in [-0.4, -0.2) is 59.8 Å². The number of rotatable bonds is 21. The lowest BCUT2D eigenvalue weighted by Crippen LogP contribution is -2.37. The smallest absolute Gasteiger partial charge is 0.334 e. The molecular weight excluding hydrogens is 464 g/mol. The molecule has 1 aliphatic rings. The summed E-state index contributed by atoms with van der Waals surface area (Å²) < 4.78 is 4.65. The molecule has 36 heavy (non-hydrogen) atoms. The Hall–Kier alpha value is -2.45. The summed E-state index contributed by atoms with van der Waals surface area (Å²) in [7, 11) is 1.28. The summed E-state index contributed by atoms with van der Waals surface area (Å²) in [5, 5.41) is 0.497. The molecule has 0 aromatic carbocycles. The average Bonchev–Trinajstić information content (AvgIpc) is 3.18. The highest BCUT2D eigenvalue weighted by molar-refractivity contribution is 6.01. The van der Waals surface area contributed by atoms with Crippen molar-refractivity contribution in [2.24, 2.45) is 0 Å². The van der Waals surface area contributed by atoms with E-state index in [-0.39, 0.29) is 44.7 Å². The van der Waals surface area contributed by atoms with E-state index in [1.807, 2.05) is 0 Å². The molecule has 206 valence electrons. The molecule has 0 aromatic heterocycles. The van der Waals surface area contributed by atoms with Crippen molar-refractivity contribution >= 4 is 29.7 Å². The molecule has 1 heterocycles. The van der Waals surface area contributed by atoms with Gasteiger partial charge in [0.15, 0.2) is 0 Å². The summed E-state index contributed by atoms with van der Waals surface area (Å²) in [6.07, 6.45) is 16.1. The van der Waals surface area contributed by atoms with Gasteiger partial charge in [-0.05, 0) is 6.42 Å². The monoisotopic (exact) mass is 510 g/mol. The molecule has 9 nitrogen and oxygen atoms in total. The summed E-state index contributed by atoms with van der Waals surface area (Å²) >= 11 is 0. The van der Waals surface area contributed by atoms with Gasteiger partial charge in [-0.1, -0.05) is 84.0 Å². The molecule has 3 amide bonds. The summed E-state index contributed by atoms with van der Waals surface area (Å²) in [6, 6.07) is 0. The van der Waals surface area contributed by atoms with Crippen LogP contribution in [0, 0.1) is 0 Å². The Labute approximate surface area is 216 Å². The number of nitrogens with zero attached hydrogens (tertiary/aromatic N) is 2. The number of imide groups is 1. The molecule has 0 bridgehead atoms. The molecule has 1 saturated heterocycles. The zero-order valence-electron chi connectivity index (χ0n) is 22.4. The van der Waals surface area contributed by atoms with E-state index in [2.05, 4.69) is 11.7 Å². The number of esters is 1. The van der Waals surface area contributed by atoms with E-state index in [4.69, 9.17) is 4.84 Å². The maximum atomic E-state index is 12.7. The van der Waals surface area contributed by atoms with Crippen LogP contribution >= 0.6 is 0 Å². The van der Waals surface area contributed by atoms with Gasteiger partial charge in [0.2, 0.25) is 5.91 Å². The van der Waals surface area contributed by atoms with Gasteiger partial charge in [0.25, 0.3) is 11.8 Å². The Morgan fingerprint density at radius 3 is 1.61 bits per heavy atom. The molecule has 0 saturated carbocycles. The van der Waals surface area contributed by atoms with Crippen LogP contribution in [0.25, 0.3) is 0 Å². The third kappa shape index (κ3) is 14.2.